The van der Waals surface area contributed by atoms with Crippen LogP contribution >= 0.6 is 11.8 Å². The normalized spacial score (nSPS) is 16.2. The van der Waals surface area contributed by atoms with E-state index in [2.05, 4.69) is 20.5 Å². The molecule has 3 heterocycles. The number of hydrogen-bond acceptors (Lipinski definition) is 11. The number of nitrogens with zero attached hydrogens (tertiary/aromatic N) is 3. The Bertz CT molecular complexity index is 1920. The first-order chi connectivity index (χ1) is 23.8. The van der Waals surface area contributed by atoms with Crippen LogP contribution < -0.4 is 29.7 Å². The summed E-state index contributed by atoms with van der Waals surface area (Å²) in [6, 6.07) is 15.2. The standard InChI is InChI=1S/C35H34FN5O7S/c1-45-31-19-25-28(20-32(31)47-14-4-11-40-12-15-46-16-13-40)37-10-9-29(25)48-30-8-7-22(17-27(30)36)38-21-26-33(42)39-35(44)41(34(26)43)23-5-3-6-24(18-23)49-2/h3,5-10,17-21,38H,4,11-16H2,1-2H3,(H,39,42,44)/b26-21+. The molecule has 0 aliphatic carbocycles. The van der Waals surface area contributed by atoms with E-state index in [4.69, 9.17) is 18.9 Å². The van der Waals surface area contributed by atoms with Crippen molar-refractivity contribution in [2.75, 3.05) is 63.0 Å². The molecule has 0 bridgehead atoms. The number of ether oxygens (including phenoxy) is 4. The lowest BCUT2D eigenvalue weighted by atomic mass is 10.1. The first kappa shape index (κ1) is 33.7. The number of aromatic nitrogens is 1. The number of hydrogen-bond donors (Lipinski definition) is 2. The molecule has 0 spiro atoms. The van der Waals surface area contributed by atoms with E-state index < -0.39 is 23.7 Å². The van der Waals surface area contributed by atoms with Crippen molar-refractivity contribution in [3.05, 3.63) is 84.5 Å². The van der Waals surface area contributed by atoms with Crippen molar-refractivity contribution < 1.29 is 37.7 Å². The van der Waals surface area contributed by atoms with Crippen LogP contribution in [-0.4, -0.2) is 80.5 Å². The maximum absolute atomic E-state index is 15.3. The van der Waals surface area contributed by atoms with Gasteiger partial charge in [0.1, 0.15) is 11.3 Å². The molecule has 0 atom stereocenters. The Labute approximate surface area is 286 Å². The van der Waals surface area contributed by atoms with Crippen LogP contribution in [0.4, 0.5) is 20.6 Å². The molecule has 0 unspecified atom stereocenters. The topological polar surface area (TPSA) is 132 Å². The molecule has 254 valence electrons. The lowest BCUT2D eigenvalue weighted by Crippen LogP contribution is -2.54. The van der Waals surface area contributed by atoms with Crippen molar-refractivity contribution in [2.45, 2.75) is 11.3 Å². The van der Waals surface area contributed by atoms with Crippen LogP contribution in [0.3, 0.4) is 0 Å². The Morgan fingerprint density at radius 1 is 1.02 bits per heavy atom. The highest BCUT2D eigenvalue weighted by Gasteiger charge is 2.37. The van der Waals surface area contributed by atoms with E-state index >= 15 is 4.39 Å². The second-order valence-electron chi connectivity index (χ2n) is 11.0. The van der Waals surface area contributed by atoms with Gasteiger partial charge >= 0.3 is 6.03 Å². The maximum atomic E-state index is 15.3. The van der Waals surface area contributed by atoms with Gasteiger partial charge in [-0.2, -0.15) is 0 Å². The molecule has 14 heteroatoms. The van der Waals surface area contributed by atoms with Gasteiger partial charge in [-0.25, -0.2) is 14.1 Å². The second-order valence-corrected chi connectivity index (χ2v) is 11.9. The highest BCUT2D eigenvalue weighted by molar-refractivity contribution is 7.98. The SMILES string of the molecule is COc1cc2c(Oc3ccc(N/C=C4\C(=O)NC(=O)N(c5cccc(SC)c5)C4=O)cc3F)ccnc2cc1OCCCN1CCOCC1. The summed E-state index contributed by atoms with van der Waals surface area (Å²) in [5.74, 6) is -1.07. The van der Waals surface area contributed by atoms with Crippen LogP contribution in [0, 0.1) is 5.82 Å². The number of amides is 4. The molecule has 12 nitrogen and oxygen atoms in total. The van der Waals surface area contributed by atoms with Gasteiger partial charge in [0.25, 0.3) is 11.8 Å². The number of thioether (sulfide) groups is 1. The predicted molar refractivity (Wildman–Crippen MR) is 183 cm³/mol. The number of pyridine rings is 1. The molecule has 0 radical (unpaired) electrons. The van der Waals surface area contributed by atoms with Crippen LogP contribution in [0.1, 0.15) is 6.42 Å². The predicted octanol–water partition coefficient (Wildman–Crippen LogP) is 5.58. The number of rotatable bonds is 12. The third-order valence-corrected chi connectivity index (χ3v) is 8.64. The number of nitrogens with one attached hydrogen (secondary N) is 2. The summed E-state index contributed by atoms with van der Waals surface area (Å²) in [5.41, 5.74) is 0.801. The van der Waals surface area contributed by atoms with Crippen LogP contribution in [0.15, 0.2) is 83.5 Å². The van der Waals surface area contributed by atoms with Gasteiger partial charge < -0.3 is 24.3 Å². The monoisotopic (exact) mass is 687 g/mol. The van der Waals surface area contributed by atoms with Gasteiger partial charge in [0.15, 0.2) is 23.1 Å². The van der Waals surface area contributed by atoms with Gasteiger partial charge in [0.05, 0.1) is 38.1 Å². The average molecular weight is 688 g/mol. The molecule has 0 saturated carbocycles. The van der Waals surface area contributed by atoms with E-state index in [1.165, 1.54) is 23.9 Å². The van der Waals surface area contributed by atoms with E-state index in [9.17, 15) is 14.4 Å². The number of imide groups is 2. The number of carbonyl (C=O) groups is 3. The van der Waals surface area contributed by atoms with E-state index in [1.54, 1.807) is 49.7 Å². The molecule has 2 N–H and O–H groups in total. The second kappa shape index (κ2) is 15.4. The number of fused-ring (bicyclic) bond motifs is 1. The number of carbonyl (C=O) groups excluding carboxylic acids is 3. The highest BCUT2D eigenvalue weighted by atomic mass is 32.2. The summed E-state index contributed by atoms with van der Waals surface area (Å²) in [5, 5.41) is 5.54. The fourth-order valence-corrected chi connectivity index (χ4v) is 5.83. The fraction of sp³-hybridized carbons (Fsp3) is 0.257. The Morgan fingerprint density at radius 2 is 1.86 bits per heavy atom. The molecule has 1 aromatic heterocycles. The number of methoxy groups -OCH3 is 1. The molecule has 2 fully saturated rings. The third kappa shape index (κ3) is 7.77. The summed E-state index contributed by atoms with van der Waals surface area (Å²) in [6.45, 7) is 4.74. The van der Waals surface area contributed by atoms with E-state index in [-0.39, 0.29) is 17.0 Å². The maximum Gasteiger partial charge on any atom is 0.335 e. The minimum absolute atomic E-state index is 0.0648. The lowest BCUT2D eigenvalue weighted by molar-refractivity contribution is -0.122. The van der Waals surface area contributed by atoms with Crippen molar-refractivity contribution >= 4 is 51.9 Å². The Balaban J connectivity index is 1.14. The summed E-state index contributed by atoms with van der Waals surface area (Å²) >= 11 is 1.44. The zero-order valence-corrected chi connectivity index (χ0v) is 27.7. The third-order valence-electron chi connectivity index (χ3n) is 7.92. The number of urea groups is 1. The molecule has 4 aromatic rings. The summed E-state index contributed by atoms with van der Waals surface area (Å²) in [7, 11) is 1.54. The zero-order valence-electron chi connectivity index (χ0n) is 26.9. The van der Waals surface area contributed by atoms with Crippen LogP contribution in [0.2, 0.25) is 0 Å². The summed E-state index contributed by atoms with van der Waals surface area (Å²) < 4.78 is 38.3. The largest absolute Gasteiger partial charge is 0.493 e. The fourth-order valence-electron chi connectivity index (χ4n) is 5.37. The van der Waals surface area contributed by atoms with Crippen LogP contribution in [0.5, 0.6) is 23.0 Å². The Morgan fingerprint density at radius 3 is 2.63 bits per heavy atom. The van der Waals surface area contributed by atoms with Gasteiger partial charge in [0, 0.05) is 60.1 Å². The van der Waals surface area contributed by atoms with E-state index in [0.717, 1.165) is 61.3 Å². The van der Waals surface area contributed by atoms with Gasteiger partial charge in [-0.05, 0) is 55.1 Å². The van der Waals surface area contributed by atoms with Gasteiger partial charge in [-0.1, -0.05) is 6.07 Å². The Kier molecular flexibility index (Phi) is 10.6. The molecule has 2 saturated heterocycles. The van der Waals surface area contributed by atoms with Crippen molar-refractivity contribution in [3.8, 4) is 23.0 Å². The zero-order chi connectivity index (χ0) is 34.3. The molecule has 2 aliphatic heterocycles. The summed E-state index contributed by atoms with van der Waals surface area (Å²) in [6.07, 6.45) is 5.40. The molecular weight excluding hydrogens is 653 g/mol. The molecule has 49 heavy (non-hydrogen) atoms. The molecular formula is C35H34FN5O7S. The number of morpholine rings is 1. The van der Waals surface area contributed by atoms with Crippen molar-refractivity contribution in [1.29, 1.82) is 0 Å². The van der Waals surface area contributed by atoms with E-state index in [1.807, 2.05) is 12.3 Å². The molecule has 6 rings (SSSR count). The van der Waals surface area contributed by atoms with Crippen molar-refractivity contribution in [1.82, 2.24) is 15.2 Å². The van der Waals surface area contributed by atoms with Crippen molar-refractivity contribution in [2.24, 2.45) is 0 Å². The smallest absolute Gasteiger partial charge is 0.335 e. The van der Waals surface area contributed by atoms with Gasteiger partial charge in [-0.3, -0.25) is 24.8 Å². The van der Waals surface area contributed by atoms with Crippen LogP contribution in [0.25, 0.3) is 10.9 Å². The molecule has 2 aliphatic rings. The van der Waals surface area contributed by atoms with Gasteiger partial charge in [0.2, 0.25) is 0 Å². The minimum Gasteiger partial charge on any atom is -0.493 e. The molecule has 4 amide bonds. The number of barbiturate groups is 1. The van der Waals surface area contributed by atoms with Crippen molar-refractivity contribution in [3.63, 3.8) is 0 Å². The first-order valence-electron chi connectivity index (χ1n) is 15.5. The number of anilines is 2. The Hall–Kier alpha value is -5.18. The van der Waals surface area contributed by atoms with Gasteiger partial charge in [-0.15, -0.1) is 11.8 Å². The lowest BCUT2D eigenvalue weighted by Gasteiger charge is -2.26. The van der Waals surface area contributed by atoms with E-state index in [0.29, 0.717) is 40.4 Å². The molecule has 3 aromatic carbocycles. The number of halogens is 1. The quantitative estimate of drug-likeness (QED) is 0.0838. The minimum atomic E-state index is -0.873. The summed E-state index contributed by atoms with van der Waals surface area (Å²) in [4.78, 5) is 46.8. The average Bonchev–Trinajstić information content (AvgIpc) is 3.11. The number of benzene rings is 3. The van der Waals surface area contributed by atoms with Crippen LogP contribution in [-0.2, 0) is 14.3 Å². The highest BCUT2D eigenvalue weighted by Crippen LogP contribution is 2.38. The first-order valence-corrected chi connectivity index (χ1v) is 16.7.